The van der Waals surface area contributed by atoms with Gasteiger partial charge in [0.2, 0.25) is 0 Å². The highest BCUT2D eigenvalue weighted by Crippen LogP contribution is 2.16. The van der Waals surface area contributed by atoms with Crippen molar-refractivity contribution in [2.24, 2.45) is 5.16 Å². The highest BCUT2D eigenvalue weighted by molar-refractivity contribution is 6.14. The van der Waals surface area contributed by atoms with Crippen LogP contribution in [0.1, 0.15) is 24.5 Å². The number of hydrogen-bond donors (Lipinski definition) is 1. The monoisotopic (exact) mass is 251 g/mol. The van der Waals surface area contributed by atoms with Gasteiger partial charge < -0.3 is 5.21 Å². The van der Waals surface area contributed by atoms with E-state index in [0.29, 0.717) is 5.71 Å². The number of hydrogen-bond acceptors (Lipinski definition) is 2. The lowest BCUT2D eigenvalue weighted by atomic mass is 9.98. The van der Waals surface area contributed by atoms with Crippen molar-refractivity contribution in [3.05, 3.63) is 77.4 Å². The van der Waals surface area contributed by atoms with Gasteiger partial charge in [-0.3, -0.25) is 0 Å². The summed E-state index contributed by atoms with van der Waals surface area (Å²) in [6.45, 7) is 2.06. The predicted octanol–water partition coefficient (Wildman–Crippen LogP) is 4.36. The highest BCUT2D eigenvalue weighted by Gasteiger charge is 2.08. The number of oxime groups is 1. The van der Waals surface area contributed by atoms with Gasteiger partial charge in [0, 0.05) is 5.56 Å². The molecule has 0 heterocycles. The van der Waals surface area contributed by atoms with Crippen molar-refractivity contribution in [2.45, 2.75) is 13.3 Å². The fraction of sp³-hybridized carbons (Fsp3) is 0.118. The maximum absolute atomic E-state index is 9.31. The standard InChI is InChI=1S/C17H17NO/c1-2-15(13-14-9-5-3-6-10-14)17(18-19)16-11-7-4-8-12-16/h3-13,19H,2H2,1H3/b15-13-,18-17-. The summed E-state index contributed by atoms with van der Waals surface area (Å²) in [5.41, 5.74) is 3.68. The van der Waals surface area contributed by atoms with E-state index in [9.17, 15) is 5.21 Å². The van der Waals surface area contributed by atoms with Crippen LogP contribution in [0.5, 0.6) is 0 Å². The molecule has 0 atom stereocenters. The van der Waals surface area contributed by atoms with Crippen LogP contribution < -0.4 is 0 Å². The first-order valence-electron chi connectivity index (χ1n) is 6.38. The van der Waals surface area contributed by atoms with E-state index in [1.807, 2.05) is 60.7 Å². The maximum atomic E-state index is 9.31. The first-order valence-corrected chi connectivity index (χ1v) is 6.38. The molecule has 19 heavy (non-hydrogen) atoms. The minimum Gasteiger partial charge on any atom is -0.410 e. The van der Waals surface area contributed by atoms with Crippen LogP contribution in [0, 0.1) is 0 Å². The Morgan fingerprint density at radius 3 is 2.11 bits per heavy atom. The van der Waals surface area contributed by atoms with E-state index in [-0.39, 0.29) is 0 Å². The zero-order valence-corrected chi connectivity index (χ0v) is 11.0. The Balaban J connectivity index is 2.39. The van der Waals surface area contributed by atoms with Crippen molar-refractivity contribution in [1.29, 1.82) is 0 Å². The summed E-state index contributed by atoms with van der Waals surface area (Å²) in [6, 6.07) is 19.8. The van der Waals surface area contributed by atoms with E-state index >= 15 is 0 Å². The molecule has 0 saturated carbocycles. The minimum atomic E-state index is 0.631. The molecule has 96 valence electrons. The summed E-state index contributed by atoms with van der Waals surface area (Å²) in [6.07, 6.45) is 2.87. The molecule has 2 nitrogen and oxygen atoms in total. The number of allylic oxidation sites excluding steroid dienone is 1. The number of benzene rings is 2. The van der Waals surface area contributed by atoms with Crippen molar-refractivity contribution >= 4 is 11.8 Å². The Morgan fingerprint density at radius 1 is 1.00 bits per heavy atom. The van der Waals surface area contributed by atoms with Crippen LogP contribution in [0.25, 0.3) is 6.08 Å². The Hall–Kier alpha value is -2.35. The second kappa shape index (κ2) is 6.55. The molecule has 0 spiro atoms. The zero-order valence-electron chi connectivity index (χ0n) is 11.0. The summed E-state index contributed by atoms with van der Waals surface area (Å²) in [4.78, 5) is 0. The second-order valence-electron chi connectivity index (χ2n) is 4.25. The lowest BCUT2D eigenvalue weighted by Gasteiger charge is -2.08. The molecule has 0 aliphatic heterocycles. The predicted molar refractivity (Wildman–Crippen MR) is 79.5 cm³/mol. The van der Waals surface area contributed by atoms with Crippen LogP contribution in [0.15, 0.2) is 71.4 Å². The highest BCUT2D eigenvalue weighted by atomic mass is 16.4. The maximum Gasteiger partial charge on any atom is 0.113 e. The van der Waals surface area contributed by atoms with Crippen molar-refractivity contribution in [3.63, 3.8) is 0 Å². The Kier molecular flexibility index (Phi) is 4.51. The Labute approximate surface area is 113 Å². The zero-order chi connectivity index (χ0) is 13.5. The molecule has 0 aromatic heterocycles. The smallest absolute Gasteiger partial charge is 0.113 e. The van der Waals surface area contributed by atoms with E-state index in [1.54, 1.807) is 0 Å². The molecule has 1 N–H and O–H groups in total. The molecule has 0 amide bonds. The van der Waals surface area contributed by atoms with Gasteiger partial charge in [-0.2, -0.15) is 0 Å². The molecule has 2 rings (SSSR count). The number of nitrogens with zero attached hydrogens (tertiary/aromatic N) is 1. The minimum absolute atomic E-state index is 0.631. The lowest BCUT2D eigenvalue weighted by molar-refractivity contribution is 0.319. The Bertz CT molecular complexity index is 571. The van der Waals surface area contributed by atoms with Crippen LogP contribution in [-0.2, 0) is 0 Å². The van der Waals surface area contributed by atoms with Gasteiger partial charge in [0.25, 0.3) is 0 Å². The first-order chi connectivity index (χ1) is 9.35. The van der Waals surface area contributed by atoms with Crippen LogP contribution >= 0.6 is 0 Å². The van der Waals surface area contributed by atoms with Crippen molar-refractivity contribution in [1.82, 2.24) is 0 Å². The molecule has 0 fully saturated rings. The molecule has 2 aromatic carbocycles. The normalized spacial score (nSPS) is 12.5. The molecule has 0 aliphatic rings. The summed E-state index contributed by atoms with van der Waals surface area (Å²) < 4.78 is 0. The molecular formula is C17H17NO. The van der Waals surface area contributed by atoms with Crippen LogP contribution in [0.4, 0.5) is 0 Å². The van der Waals surface area contributed by atoms with Gasteiger partial charge in [-0.05, 0) is 23.6 Å². The third-order valence-electron chi connectivity index (χ3n) is 2.97. The third-order valence-corrected chi connectivity index (χ3v) is 2.97. The van der Waals surface area contributed by atoms with Gasteiger partial charge in [0.15, 0.2) is 0 Å². The van der Waals surface area contributed by atoms with Gasteiger partial charge in [0.05, 0.1) is 0 Å². The summed E-state index contributed by atoms with van der Waals surface area (Å²) in [7, 11) is 0. The molecule has 0 aliphatic carbocycles. The van der Waals surface area contributed by atoms with E-state index in [1.165, 1.54) is 0 Å². The quantitative estimate of drug-likeness (QED) is 0.489. The fourth-order valence-electron chi connectivity index (χ4n) is 1.99. The van der Waals surface area contributed by atoms with Gasteiger partial charge >= 0.3 is 0 Å². The molecular weight excluding hydrogens is 234 g/mol. The van der Waals surface area contributed by atoms with E-state index in [4.69, 9.17) is 0 Å². The molecule has 0 unspecified atom stereocenters. The van der Waals surface area contributed by atoms with Gasteiger partial charge in [0.1, 0.15) is 5.71 Å². The van der Waals surface area contributed by atoms with Crippen molar-refractivity contribution < 1.29 is 5.21 Å². The van der Waals surface area contributed by atoms with E-state index in [0.717, 1.165) is 23.1 Å². The van der Waals surface area contributed by atoms with Crippen LogP contribution in [0.2, 0.25) is 0 Å². The first kappa shape index (κ1) is 13.1. The topological polar surface area (TPSA) is 32.6 Å². The van der Waals surface area contributed by atoms with Gasteiger partial charge in [-0.15, -0.1) is 0 Å². The summed E-state index contributed by atoms with van der Waals surface area (Å²) in [5, 5.41) is 12.8. The summed E-state index contributed by atoms with van der Waals surface area (Å²) >= 11 is 0. The van der Waals surface area contributed by atoms with Crippen LogP contribution in [0.3, 0.4) is 0 Å². The van der Waals surface area contributed by atoms with E-state index in [2.05, 4.69) is 18.2 Å². The molecule has 0 radical (unpaired) electrons. The average Bonchev–Trinajstić information content (AvgIpc) is 2.49. The molecule has 2 heteroatoms. The summed E-state index contributed by atoms with van der Waals surface area (Å²) in [5.74, 6) is 0. The molecule has 2 aromatic rings. The van der Waals surface area contributed by atoms with Crippen molar-refractivity contribution in [2.75, 3.05) is 0 Å². The van der Waals surface area contributed by atoms with Gasteiger partial charge in [-0.1, -0.05) is 72.7 Å². The number of rotatable bonds is 4. The van der Waals surface area contributed by atoms with E-state index < -0.39 is 0 Å². The largest absolute Gasteiger partial charge is 0.410 e. The Morgan fingerprint density at radius 2 is 1.58 bits per heavy atom. The molecule has 0 saturated heterocycles. The van der Waals surface area contributed by atoms with Crippen molar-refractivity contribution in [3.8, 4) is 0 Å². The lowest BCUT2D eigenvalue weighted by Crippen LogP contribution is -2.04. The second-order valence-corrected chi connectivity index (χ2v) is 4.25. The average molecular weight is 251 g/mol. The SMILES string of the molecule is CCC(=C/c1ccccc1)/C(=N/O)c1ccccc1. The fourth-order valence-corrected chi connectivity index (χ4v) is 1.99. The third kappa shape index (κ3) is 3.32. The molecule has 0 bridgehead atoms. The van der Waals surface area contributed by atoms with Gasteiger partial charge in [-0.25, -0.2) is 0 Å². The van der Waals surface area contributed by atoms with Crippen LogP contribution in [-0.4, -0.2) is 10.9 Å².